The van der Waals surface area contributed by atoms with E-state index in [-0.39, 0.29) is 61.7 Å². The van der Waals surface area contributed by atoms with Crippen LogP contribution in [-0.2, 0) is 9.59 Å². The standard InChI is InChI=1S/2C26H52O2.Ba/c2*1-2-3-4-5-6-7-8-9-10-11-12-13-14-15-16-17-18-19-20-21-22-23-24-25-26(27)28;/h2*2-25H2,1H3,(H,27,28);/q;;+2/p-2. The number of unbranched alkanes of at least 4 members (excludes halogenated alkanes) is 44. The van der Waals surface area contributed by atoms with Crippen molar-refractivity contribution < 1.29 is 19.8 Å². The van der Waals surface area contributed by atoms with Crippen molar-refractivity contribution in [1.82, 2.24) is 0 Å². The van der Waals surface area contributed by atoms with Crippen LogP contribution in [0.15, 0.2) is 0 Å². The Balaban J connectivity index is -0.00000101. The van der Waals surface area contributed by atoms with Gasteiger partial charge in [0.05, 0.1) is 0 Å². The first kappa shape index (κ1) is 61.8. The van der Waals surface area contributed by atoms with Crippen LogP contribution >= 0.6 is 0 Å². The molecule has 57 heavy (non-hydrogen) atoms. The molecule has 0 amide bonds. The van der Waals surface area contributed by atoms with E-state index in [1.165, 1.54) is 270 Å². The Morgan fingerprint density at radius 3 is 0.439 bits per heavy atom. The fourth-order valence-electron chi connectivity index (χ4n) is 8.11. The molecule has 0 aliphatic rings. The summed E-state index contributed by atoms with van der Waals surface area (Å²) in [6.07, 6.45) is 63.3. The van der Waals surface area contributed by atoms with Crippen LogP contribution in [0.1, 0.15) is 322 Å². The molecule has 5 heteroatoms. The van der Waals surface area contributed by atoms with E-state index < -0.39 is 11.9 Å². The summed E-state index contributed by atoms with van der Waals surface area (Å²) >= 11 is 0. The van der Waals surface area contributed by atoms with E-state index in [4.69, 9.17) is 0 Å². The molecule has 0 rings (SSSR count). The fraction of sp³-hybridized carbons (Fsp3) is 0.962. The van der Waals surface area contributed by atoms with Crippen LogP contribution in [0.4, 0.5) is 0 Å². The minimum absolute atomic E-state index is 0. The Kier molecular flexibility index (Phi) is 63.5. The fourth-order valence-corrected chi connectivity index (χ4v) is 8.11. The Morgan fingerprint density at radius 2 is 0.333 bits per heavy atom. The van der Waals surface area contributed by atoms with Crippen LogP contribution in [0.5, 0.6) is 0 Å². The van der Waals surface area contributed by atoms with Gasteiger partial charge in [-0.25, -0.2) is 0 Å². The number of aliphatic carboxylic acids is 2. The zero-order valence-corrected chi connectivity index (χ0v) is 43.7. The van der Waals surface area contributed by atoms with Gasteiger partial charge in [-0.05, 0) is 25.7 Å². The Hall–Kier alpha value is 0.511. The van der Waals surface area contributed by atoms with Crippen LogP contribution in [0.3, 0.4) is 0 Å². The normalized spacial score (nSPS) is 11.0. The summed E-state index contributed by atoms with van der Waals surface area (Å²) in [4.78, 5) is 20.6. The molecule has 4 nitrogen and oxygen atoms in total. The van der Waals surface area contributed by atoms with Gasteiger partial charge in [0.25, 0.3) is 0 Å². The van der Waals surface area contributed by atoms with Gasteiger partial charge in [0.1, 0.15) is 0 Å². The van der Waals surface area contributed by atoms with Gasteiger partial charge in [-0.15, -0.1) is 0 Å². The number of carbonyl (C=O) groups is 2. The van der Waals surface area contributed by atoms with Crippen LogP contribution in [0, 0.1) is 0 Å². The quantitative estimate of drug-likeness (QED) is 0.0450. The summed E-state index contributed by atoms with van der Waals surface area (Å²) in [5, 5.41) is 20.6. The van der Waals surface area contributed by atoms with Crippen molar-refractivity contribution in [3.63, 3.8) is 0 Å². The van der Waals surface area contributed by atoms with Gasteiger partial charge in [-0.2, -0.15) is 0 Å². The van der Waals surface area contributed by atoms with E-state index in [0.717, 1.165) is 25.7 Å². The van der Waals surface area contributed by atoms with Crippen molar-refractivity contribution in [2.24, 2.45) is 0 Å². The van der Waals surface area contributed by atoms with Gasteiger partial charge in [0.15, 0.2) is 0 Å². The molecule has 0 heterocycles. The van der Waals surface area contributed by atoms with Gasteiger partial charge >= 0.3 is 48.9 Å². The third-order valence-corrected chi connectivity index (χ3v) is 12.0. The maximum atomic E-state index is 10.3. The maximum Gasteiger partial charge on any atom is 2.00 e. The summed E-state index contributed by atoms with van der Waals surface area (Å²) < 4.78 is 0. The molecule has 0 N–H and O–H groups in total. The SMILES string of the molecule is CCCCCCCCCCCCCCCCCCCCCCCCCC(=O)[O-].CCCCCCCCCCCCCCCCCCCCCCCCCC(=O)[O-].[Ba+2]. The first-order chi connectivity index (χ1) is 27.5. The molecule has 0 atom stereocenters. The van der Waals surface area contributed by atoms with E-state index in [0.29, 0.717) is 0 Å². The van der Waals surface area contributed by atoms with Crippen LogP contribution in [0.2, 0.25) is 0 Å². The summed E-state index contributed by atoms with van der Waals surface area (Å²) in [6, 6.07) is 0. The average Bonchev–Trinajstić information content (AvgIpc) is 3.18. The number of rotatable bonds is 48. The Morgan fingerprint density at radius 1 is 0.228 bits per heavy atom. The van der Waals surface area contributed by atoms with Gasteiger partial charge in [0, 0.05) is 11.9 Å². The molecule has 0 aliphatic carbocycles. The molecule has 0 aliphatic heterocycles. The molecular weight excluding hydrogens is 826 g/mol. The second-order valence-corrected chi connectivity index (χ2v) is 17.8. The predicted octanol–water partition coefficient (Wildman–Crippen LogP) is 15.9. The van der Waals surface area contributed by atoms with Crippen LogP contribution in [0.25, 0.3) is 0 Å². The maximum absolute atomic E-state index is 10.3. The van der Waals surface area contributed by atoms with Gasteiger partial charge < -0.3 is 19.8 Å². The third-order valence-electron chi connectivity index (χ3n) is 12.0. The smallest absolute Gasteiger partial charge is 0.550 e. The van der Waals surface area contributed by atoms with E-state index in [9.17, 15) is 19.8 Å². The van der Waals surface area contributed by atoms with Gasteiger partial charge in [-0.1, -0.05) is 296 Å². The van der Waals surface area contributed by atoms with Crippen molar-refractivity contribution in [3.05, 3.63) is 0 Å². The second-order valence-electron chi connectivity index (χ2n) is 17.8. The molecule has 0 unspecified atom stereocenters. The van der Waals surface area contributed by atoms with Crippen molar-refractivity contribution in [1.29, 1.82) is 0 Å². The molecule has 0 aromatic rings. The Bertz CT molecular complexity index is 669. The second kappa shape index (κ2) is 58.6. The Labute approximate surface area is 399 Å². The van der Waals surface area contributed by atoms with Crippen LogP contribution < -0.4 is 10.2 Å². The first-order valence-corrected chi connectivity index (χ1v) is 25.9. The molecule has 0 bridgehead atoms. The van der Waals surface area contributed by atoms with E-state index in [2.05, 4.69) is 13.8 Å². The van der Waals surface area contributed by atoms with Crippen molar-refractivity contribution in [2.45, 2.75) is 322 Å². The van der Waals surface area contributed by atoms with E-state index >= 15 is 0 Å². The van der Waals surface area contributed by atoms with Crippen molar-refractivity contribution in [3.8, 4) is 0 Å². The summed E-state index contributed by atoms with van der Waals surface area (Å²) in [6.45, 7) is 4.58. The molecule has 0 radical (unpaired) electrons. The van der Waals surface area contributed by atoms with Crippen molar-refractivity contribution in [2.75, 3.05) is 0 Å². The average molecular weight is 929 g/mol. The molecule has 0 spiro atoms. The van der Waals surface area contributed by atoms with Crippen molar-refractivity contribution >= 4 is 60.8 Å². The minimum atomic E-state index is -0.900. The largest absolute Gasteiger partial charge is 2.00 e. The number of carboxylic acid groups (broad SMARTS) is 2. The van der Waals surface area contributed by atoms with E-state index in [1.807, 2.05) is 0 Å². The number of hydrogen-bond acceptors (Lipinski definition) is 4. The van der Waals surface area contributed by atoms with Gasteiger partial charge in [-0.3, -0.25) is 0 Å². The van der Waals surface area contributed by atoms with Gasteiger partial charge in [0.2, 0.25) is 0 Å². The molecule has 336 valence electrons. The summed E-state index contributed by atoms with van der Waals surface area (Å²) in [5.41, 5.74) is 0. The molecule has 0 saturated heterocycles. The summed E-state index contributed by atoms with van der Waals surface area (Å²) in [7, 11) is 0. The number of hydrogen-bond donors (Lipinski definition) is 0. The van der Waals surface area contributed by atoms with E-state index in [1.54, 1.807) is 0 Å². The molecule has 0 saturated carbocycles. The van der Waals surface area contributed by atoms with Crippen LogP contribution in [-0.4, -0.2) is 60.8 Å². The zero-order chi connectivity index (χ0) is 41.1. The summed E-state index contributed by atoms with van der Waals surface area (Å²) in [5.74, 6) is -1.80. The topological polar surface area (TPSA) is 80.3 Å². The molecule has 0 fully saturated rings. The molecule has 0 aromatic carbocycles. The number of carboxylic acids is 2. The minimum Gasteiger partial charge on any atom is -0.550 e. The zero-order valence-electron chi connectivity index (χ0n) is 39.3. The third kappa shape index (κ3) is 65.8. The molecule has 0 aromatic heterocycles. The monoisotopic (exact) mass is 929 g/mol. The predicted molar refractivity (Wildman–Crippen MR) is 249 cm³/mol. The molecular formula is C52H102BaO4. The first-order valence-electron chi connectivity index (χ1n) is 25.9. The number of carbonyl (C=O) groups excluding carboxylic acids is 2.